The Morgan fingerprint density at radius 3 is 1.89 bits per heavy atom. The highest BCUT2D eigenvalue weighted by atomic mass is 16.1. The molecule has 0 saturated carbocycles. The van der Waals surface area contributed by atoms with Crippen molar-refractivity contribution >= 4 is 29.6 Å². The molecule has 0 spiro atoms. The second kappa shape index (κ2) is 6.79. The van der Waals surface area contributed by atoms with Crippen LogP contribution in [0.2, 0.25) is 0 Å². The maximum atomic E-state index is 13.5. The highest BCUT2D eigenvalue weighted by Gasteiger charge is 2.31. The van der Waals surface area contributed by atoms with E-state index in [-0.39, 0.29) is 5.78 Å². The van der Waals surface area contributed by atoms with E-state index in [1.54, 1.807) is 0 Å². The molecule has 0 unspecified atom stereocenters. The Balaban J connectivity index is 1.72. The summed E-state index contributed by atoms with van der Waals surface area (Å²) in [6.45, 7) is 0. The van der Waals surface area contributed by atoms with Gasteiger partial charge in [0, 0.05) is 11.1 Å². The fourth-order valence-corrected chi connectivity index (χ4v) is 3.81. The molecular weight excluding hydrogens is 340 g/mol. The van der Waals surface area contributed by atoms with E-state index >= 15 is 0 Å². The smallest absolute Gasteiger partial charge is 0.194 e. The van der Waals surface area contributed by atoms with Crippen molar-refractivity contribution in [2.24, 2.45) is 0 Å². The van der Waals surface area contributed by atoms with Crippen LogP contribution in [0.1, 0.15) is 22.3 Å². The molecule has 0 amide bonds. The van der Waals surface area contributed by atoms with E-state index in [4.69, 9.17) is 0 Å². The van der Waals surface area contributed by atoms with Gasteiger partial charge in [-0.25, -0.2) is 0 Å². The number of rotatable bonds is 2. The number of allylic oxidation sites excluding steroid dienone is 5. The molecule has 0 aromatic heterocycles. The monoisotopic (exact) mass is 358 g/mol. The van der Waals surface area contributed by atoms with E-state index in [1.165, 1.54) is 0 Å². The van der Waals surface area contributed by atoms with E-state index < -0.39 is 0 Å². The average Bonchev–Trinajstić information content (AvgIpc) is 3.11. The number of carbonyl (C=O) groups is 1. The van der Waals surface area contributed by atoms with Crippen molar-refractivity contribution in [1.29, 1.82) is 0 Å². The summed E-state index contributed by atoms with van der Waals surface area (Å²) in [6.07, 6.45) is 8.26. The van der Waals surface area contributed by atoms with E-state index in [2.05, 4.69) is 36.4 Å². The summed E-state index contributed by atoms with van der Waals surface area (Å²) in [5.74, 6) is 0.0831. The van der Waals surface area contributed by atoms with Crippen molar-refractivity contribution < 1.29 is 4.79 Å². The topological polar surface area (TPSA) is 17.1 Å². The van der Waals surface area contributed by atoms with Crippen LogP contribution in [-0.2, 0) is 4.79 Å². The largest absolute Gasteiger partial charge is 0.289 e. The third-order valence-corrected chi connectivity index (χ3v) is 5.17. The lowest BCUT2D eigenvalue weighted by molar-refractivity contribution is -0.111. The van der Waals surface area contributed by atoms with Crippen molar-refractivity contribution in [2.45, 2.75) is 0 Å². The van der Waals surface area contributed by atoms with Crippen LogP contribution in [-0.4, -0.2) is 5.78 Å². The molecule has 0 N–H and O–H groups in total. The predicted molar refractivity (Wildman–Crippen MR) is 116 cm³/mol. The van der Waals surface area contributed by atoms with Crippen molar-refractivity contribution in [2.75, 3.05) is 0 Å². The highest BCUT2D eigenvalue weighted by molar-refractivity contribution is 6.30. The van der Waals surface area contributed by atoms with Gasteiger partial charge < -0.3 is 0 Å². The van der Waals surface area contributed by atoms with Crippen LogP contribution in [0.25, 0.3) is 23.8 Å². The fraction of sp³-hybridized carbons (Fsp3) is 0. The molecule has 1 nitrogen and oxygen atoms in total. The van der Waals surface area contributed by atoms with Gasteiger partial charge >= 0.3 is 0 Å². The van der Waals surface area contributed by atoms with Crippen molar-refractivity contribution in [3.05, 3.63) is 130 Å². The summed E-state index contributed by atoms with van der Waals surface area (Å²) in [7, 11) is 0. The van der Waals surface area contributed by atoms with Gasteiger partial charge in [0.1, 0.15) is 0 Å². The van der Waals surface area contributed by atoms with Crippen LogP contribution in [0.15, 0.2) is 108 Å². The van der Waals surface area contributed by atoms with E-state index in [9.17, 15) is 4.79 Å². The lowest BCUT2D eigenvalue weighted by atomic mass is 9.83. The van der Waals surface area contributed by atoms with Gasteiger partial charge in [-0.3, -0.25) is 4.79 Å². The molecule has 2 aliphatic carbocycles. The van der Waals surface area contributed by atoms with Gasteiger partial charge in [0.05, 0.1) is 0 Å². The lowest BCUT2D eigenvalue weighted by Crippen LogP contribution is -2.12. The summed E-state index contributed by atoms with van der Waals surface area (Å²) in [5, 5.41) is 0. The minimum Gasteiger partial charge on any atom is -0.289 e. The van der Waals surface area contributed by atoms with Crippen molar-refractivity contribution in [3.63, 3.8) is 0 Å². The molecule has 0 atom stereocenters. The Hall–Kier alpha value is -3.71. The third-order valence-electron chi connectivity index (χ3n) is 5.17. The summed E-state index contributed by atoms with van der Waals surface area (Å²) >= 11 is 0. The van der Waals surface area contributed by atoms with Gasteiger partial charge in [0.2, 0.25) is 0 Å². The van der Waals surface area contributed by atoms with E-state index in [0.717, 1.165) is 44.5 Å². The molecule has 5 rings (SSSR count). The molecule has 0 saturated heterocycles. The first-order valence-electron chi connectivity index (χ1n) is 9.41. The van der Waals surface area contributed by atoms with Crippen LogP contribution < -0.4 is 0 Å². The van der Waals surface area contributed by atoms with Gasteiger partial charge in [0.25, 0.3) is 0 Å². The van der Waals surface area contributed by atoms with Crippen LogP contribution in [0.4, 0.5) is 0 Å². The van der Waals surface area contributed by atoms with Gasteiger partial charge in [-0.05, 0) is 57.7 Å². The molecule has 0 fully saturated rings. The first-order valence-corrected chi connectivity index (χ1v) is 9.41. The Morgan fingerprint density at radius 2 is 1.18 bits per heavy atom. The summed E-state index contributed by atoms with van der Waals surface area (Å²) in [6, 6.07) is 28.4. The Kier molecular flexibility index (Phi) is 3.99. The highest BCUT2D eigenvalue weighted by Crippen LogP contribution is 2.43. The summed E-state index contributed by atoms with van der Waals surface area (Å²) < 4.78 is 0. The molecule has 2 aliphatic rings. The van der Waals surface area contributed by atoms with Gasteiger partial charge in [-0.1, -0.05) is 84.9 Å². The number of fused-ring (bicyclic) bond motifs is 3. The minimum absolute atomic E-state index is 0.0831. The van der Waals surface area contributed by atoms with Gasteiger partial charge in [-0.15, -0.1) is 0 Å². The number of hydrogen-bond acceptors (Lipinski definition) is 1. The molecule has 28 heavy (non-hydrogen) atoms. The van der Waals surface area contributed by atoms with Crippen LogP contribution in [0, 0.1) is 0 Å². The van der Waals surface area contributed by atoms with Gasteiger partial charge in [-0.2, -0.15) is 0 Å². The normalized spacial score (nSPS) is 17.9. The quantitative estimate of drug-likeness (QED) is 0.497. The Morgan fingerprint density at radius 1 is 0.571 bits per heavy atom. The number of hydrogen-bond donors (Lipinski definition) is 0. The lowest BCUT2D eigenvalue weighted by Gasteiger charge is -2.18. The maximum Gasteiger partial charge on any atom is 0.194 e. The van der Waals surface area contributed by atoms with Crippen LogP contribution in [0.5, 0.6) is 0 Å². The zero-order chi connectivity index (χ0) is 18.9. The second-order valence-corrected chi connectivity index (χ2v) is 7.01. The zero-order valence-electron chi connectivity index (χ0n) is 15.3. The number of benzene rings is 3. The molecule has 3 aromatic carbocycles. The summed E-state index contributed by atoms with van der Waals surface area (Å²) in [4.78, 5) is 13.5. The molecule has 0 aliphatic heterocycles. The van der Waals surface area contributed by atoms with Crippen LogP contribution >= 0.6 is 0 Å². The number of Topliss-reactive ketones (excluding diaryl/α,β-unsaturated/α-hetero) is 1. The van der Waals surface area contributed by atoms with E-state index in [0.29, 0.717) is 0 Å². The summed E-state index contributed by atoms with van der Waals surface area (Å²) in [5.41, 5.74) is 7.83. The molecule has 3 aromatic rings. The molecular formula is C27H18O. The van der Waals surface area contributed by atoms with E-state index in [1.807, 2.05) is 72.8 Å². The minimum atomic E-state index is 0.0831. The molecule has 1 heteroatoms. The SMILES string of the molecule is O=C1C(=Cc2ccccc2)C(=Cc2ccccc2)C=C2C1=Cc1ccccc12. The molecule has 132 valence electrons. The average molecular weight is 358 g/mol. The maximum absolute atomic E-state index is 13.5. The van der Waals surface area contributed by atoms with Crippen molar-refractivity contribution in [3.8, 4) is 0 Å². The first kappa shape index (κ1) is 16.5. The van der Waals surface area contributed by atoms with Crippen LogP contribution in [0.3, 0.4) is 0 Å². The van der Waals surface area contributed by atoms with Crippen molar-refractivity contribution in [1.82, 2.24) is 0 Å². The first-order chi connectivity index (χ1) is 13.8. The number of ketones is 1. The Bertz CT molecular complexity index is 1190. The van der Waals surface area contributed by atoms with Gasteiger partial charge in [0.15, 0.2) is 5.78 Å². The fourth-order valence-electron chi connectivity index (χ4n) is 3.81. The second-order valence-electron chi connectivity index (χ2n) is 7.01. The number of carbonyl (C=O) groups excluding carboxylic acids is 1. The third kappa shape index (κ3) is 2.87. The molecule has 0 heterocycles. The zero-order valence-corrected chi connectivity index (χ0v) is 15.3. The molecule has 0 radical (unpaired) electrons. The molecule has 0 bridgehead atoms. The Labute approximate surface area is 164 Å². The standard InChI is InChI=1S/C27H18O/c28-27-24(16-20-11-5-2-6-12-20)22(15-19-9-3-1-4-10-19)18-25-23-14-8-7-13-21(23)17-26(25)27/h1-18H. The predicted octanol–water partition coefficient (Wildman–Crippen LogP) is 6.22.